The lowest BCUT2D eigenvalue weighted by Crippen LogP contribution is -2.23. The van der Waals surface area contributed by atoms with Crippen LogP contribution in [-0.2, 0) is 6.42 Å². The summed E-state index contributed by atoms with van der Waals surface area (Å²) in [6.45, 7) is 2.13. The van der Waals surface area contributed by atoms with Gasteiger partial charge in [0.2, 0.25) is 0 Å². The molecule has 2 heteroatoms. The molecular formula is C7H9BrN+. The van der Waals surface area contributed by atoms with Gasteiger partial charge in [-0.1, -0.05) is 13.0 Å². The lowest BCUT2D eigenvalue weighted by Gasteiger charge is -1.88. The van der Waals surface area contributed by atoms with Crippen molar-refractivity contribution in [2.75, 3.05) is 0 Å². The Labute approximate surface area is 63.7 Å². The fourth-order valence-corrected chi connectivity index (χ4v) is 1.23. The van der Waals surface area contributed by atoms with E-state index in [1.165, 1.54) is 5.69 Å². The van der Waals surface area contributed by atoms with E-state index in [1.54, 1.807) is 0 Å². The number of nitrogens with zero attached hydrogens (tertiary/aromatic N) is 1. The first-order chi connectivity index (χ1) is 4.34. The van der Waals surface area contributed by atoms with E-state index in [4.69, 9.17) is 0 Å². The van der Waals surface area contributed by atoms with Gasteiger partial charge in [-0.25, -0.2) is 0 Å². The quantitative estimate of drug-likeness (QED) is 0.629. The molecule has 0 unspecified atom stereocenters. The predicted molar refractivity (Wildman–Crippen MR) is 40.3 cm³/mol. The average molecular weight is 187 g/mol. The number of aryl methyl sites for hydroxylation is 1. The minimum atomic E-state index is 1.06. The number of hydrogen-bond donors (Lipinski definition) is 0. The molecule has 0 saturated carbocycles. The van der Waals surface area contributed by atoms with E-state index in [1.807, 2.05) is 21.9 Å². The molecule has 0 bridgehead atoms. The number of pyridine rings is 1. The first-order valence-corrected chi connectivity index (χ1v) is 3.71. The summed E-state index contributed by atoms with van der Waals surface area (Å²) in [5, 5.41) is 0. The second-order valence-corrected chi connectivity index (χ2v) is 2.62. The van der Waals surface area contributed by atoms with E-state index >= 15 is 0 Å². The SMILES string of the molecule is CCc1cccc[n+]1Br. The zero-order chi connectivity index (χ0) is 6.69. The molecule has 0 aliphatic carbocycles. The molecule has 0 saturated heterocycles. The van der Waals surface area contributed by atoms with Crippen molar-refractivity contribution in [2.45, 2.75) is 13.3 Å². The van der Waals surface area contributed by atoms with Crippen LogP contribution in [0, 0.1) is 0 Å². The molecule has 1 heterocycles. The van der Waals surface area contributed by atoms with Gasteiger partial charge in [0.05, 0.1) is 0 Å². The summed E-state index contributed by atoms with van der Waals surface area (Å²) in [6.07, 6.45) is 3.05. The minimum Gasteiger partial charge on any atom is -0.127 e. The summed E-state index contributed by atoms with van der Waals surface area (Å²) < 4.78 is 1.95. The molecule has 0 aliphatic rings. The highest BCUT2D eigenvalue weighted by Gasteiger charge is 2.00. The van der Waals surface area contributed by atoms with Crippen LogP contribution in [0.1, 0.15) is 12.6 Å². The van der Waals surface area contributed by atoms with Crippen LogP contribution in [0.4, 0.5) is 0 Å². The summed E-state index contributed by atoms with van der Waals surface area (Å²) in [5.74, 6) is 0. The van der Waals surface area contributed by atoms with Crippen LogP contribution >= 0.6 is 16.1 Å². The maximum absolute atomic E-state index is 3.37. The van der Waals surface area contributed by atoms with Gasteiger partial charge in [0, 0.05) is 18.6 Å². The zero-order valence-electron chi connectivity index (χ0n) is 5.34. The van der Waals surface area contributed by atoms with Crippen LogP contribution in [0.3, 0.4) is 0 Å². The van der Waals surface area contributed by atoms with E-state index < -0.39 is 0 Å². The van der Waals surface area contributed by atoms with Crippen LogP contribution in [0.2, 0.25) is 0 Å². The third-order valence-corrected chi connectivity index (χ3v) is 1.95. The largest absolute Gasteiger partial charge is 0.331 e. The number of aromatic nitrogens is 1. The third kappa shape index (κ3) is 1.52. The van der Waals surface area contributed by atoms with Gasteiger partial charge in [-0.15, -0.1) is 3.59 Å². The number of rotatable bonds is 1. The van der Waals surface area contributed by atoms with Crippen molar-refractivity contribution < 1.29 is 3.59 Å². The molecule has 0 radical (unpaired) electrons. The molecule has 0 N–H and O–H groups in total. The summed E-state index contributed by atoms with van der Waals surface area (Å²) in [6, 6.07) is 6.12. The Morgan fingerprint density at radius 3 is 2.78 bits per heavy atom. The van der Waals surface area contributed by atoms with Crippen molar-refractivity contribution in [3.05, 3.63) is 30.1 Å². The van der Waals surface area contributed by atoms with Crippen LogP contribution < -0.4 is 3.59 Å². The molecule has 1 rings (SSSR count). The van der Waals surface area contributed by atoms with Crippen LogP contribution in [0.25, 0.3) is 0 Å². The molecule has 1 aromatic heterocycles. The Bertz CT molecular complexity index is 198. The van der Waals surface area contributed by atoms with Gasteiger partial charge in [-0.05, 0) is 0 Å². The number of hydrogen-bond acceptors (Lipinski definition) is 0. The highest BCUT2D eigenvalue weighted by Crippen LogP contribution is 1.92. The molecule has 0 amide bonds. The Kier molecular flexibility index (Phi) is 2.22. The molecule has 0 fully saturated rings. The Hall–Kier alpha value is -0.370. The average Bonchev–Trinajstić information content (AvgIpc) is 1.89. The monoisotopic (exact) mass is 186 g/mol. The Morgan fingerprint density at radius 2 is 2.33 bits per heavy atom. The standard InChI is InChI=1S/C7H9BrN/c1-2-7-5-3-4-6-9(7)8/h3-6H,2H2,1H3/q+1. The van der Waals surface area contributed by atoms with Crippen LogP contribution in [0.15, 0.2) is 24.4 Å². The van der Waals surface area contributed by atoms with Crippen molar-refractivity contribution in [3.8, 4) is 0 Å². The lowest BCUT2D eigenvalue weighted by molar-refractivity contribution is -0.484. The summed E-state index contributed by atoms with van der Waals surface area (Å²) >= 11 is 3.37. The van der Waals surface area contributed by atoms with Gasteiger partial charge in [-0.3, -0.25) is 0 Å². The maximum atomic E-state index is 3.37. The van der Waals surface area contributed by atoms with Crippen molar-refractivity contribution in [3.63, 3.8) is 0 Å². The molecule has 0 atom stereocenters. The predicted octanol–water partition coefficient (Wildman–Crippen LogP) is 1.69. The van der Waals surface area contributed by atoms with E-state index in [0.717, 1.165) is 6.42 Å². The van der Waals surface area contributed by atoms with Gasteiger partial charge < -0.3 is 0 Å². The second kappa shape index (κ2) is 2.97. The van der Waals surface area contributed by atoms with Gasteiger partial charge in [-0.2, -0.15) is 0 Å². The molecule has 1 nitrogen and oxygen atoms in total. The van der Waals surface area contributed by atoms with E-state index in [0.29, 0.717) is 0 Å². The van der Waals surface area contributed by atoms with Crippen molar-refractivity contribution in [1.82, 2.24) is 0 Å². The zero-order valence-corrected chi connectivity index (χ0v) is 6.93. The normalized spacial score (nSPS) is 9.56. The van der Waals surface area contributed by atoms with Crippen LogP contribution in [0.5, 0.6) is 0 Å². The minimum absolute atomic E-state index is 1.06. The first kappa shape index (κ1) is 6.75. The van der Waals surface area contributed by atoms with Gasteiger partial charge in [0.25, 0.3) is 0 Å². The van der Waals surface area contributed by atoms with Crippen molar-refractivity contribution in [1.29, 1.82) is 0 Å². The van der Waals surface area contributed by atoms with Gasteiger partial charge in [0.1, 0.15) is 0 Å². The summed E-state index contributed by atoms with van der Waals surface area (Å²) in [5.41, 5.74) is 1.29. The highest BCUT2D eigenvalue weighted by atomic mass is 79.9. The molecule has 0 aromatic carbocycles. The molecular weight excluding hydrogens is 178 g/mol. The highest BCUT2D eigenvalue weighted by molar-refractivity contribution is 9.04. The Morgan fingerprint density at radius 1 is 1.56 bits per heavy atom. The molecule has 0 aliphatic heterocycles. The fraction of sp³-hybridized carbons (Fsp3) is 0.286. The van der Waals surface area contributed by atoms with Crippen molar-refractivity contribution in [2.24, 2.45) is 0 Å². The summed E-state index contributed by atoms with van der Waals surface area (Å²) in [4.78, 5) is 0. The fourth-order valence-electron chi connectivity index (χ4n) is 0.728. The number of halogens is 1. The maximum Gasteiger partial charge on any atom is 0.331 e. The van der Waals surface area contributed by atoms with Crippen LogP contribution in [-0.4, -0.2) is 0 Å². The Balaban J connectivity index is 3.01. The van der Waals surface area contributed by atoms with Gasteiger partial charge >= 0.3 is 16.1 Å². The molecule has 48 valence electrons. The third-order valence-electron chi connectivity index (χ3n) is 1.25. The second-order valence-electron chi connectivity index (χ2n) is 1.86. The van der Waals surface area contributed by atoms with E-state index in [-0.39, 0.29) is 0 Å². The topological polar surface area (TPSA) is 3.88 Å². The lowest BCUT2D eigenvalue weighted by atomic mass is 10.3. The first-order valence-electron chi connectivity index (χ1n) is 3.00. The van der Waals surface area contributed by atoms with E-state index in [9.17, 15) is 0 Å². The van der Waals surface area contributed by atoms with Crippen molar-refractivity contribution >= 4 is 16.1 Å². The van der Waals surface area contributed by atoms with E-state index in [2.05, 4.69) is 29.1 Å². The molecule has 0 spiro atoms. The molecule has 1 aromatic rings. The van der Waals surface area contributed by atoms with Gasteiger partial charge in [0.15, 0.2) is 11.9 Å². The molecule has 9 heavy (non-hydrogen) atoms. The smallest absolute Gasteiger partial charge is 0.127 e. The summed E-state index contributed by atoms with van der Waals surface area (Å²) in [7, 11) is 0.